The molecule has 0 bridgehead atoms. The predicted molar refractivity (Wildman–Crippen MR) is 68.5 cm³/mol. The molecule has 1 saturated heterocycles. The Balaban J connectivity index is 1.79. The van der Waals surface area contributed by atoms with Crippen LogP contribution in [0.4, 0.5) is 4.79 Å². The van der Waals surface area contributed by atoms with Gasteiger partial charge in [-0.15, -0.1) is 10.2 Å². The Hall–Kier alpha value is -1.92. The summed E-state index contributed by atoms with van der Waals surface area (Å²) in [6, 6.07) is -0.354. The van der Waals surface area contributed by atoms with Crippen LogP contribution in [0.15, 0.2) is 4.42 Å². The molecule has 3 rings (SSSR count). The summed E-state index contributed by atoms with van der Waals surface area (Å²) in [5.41, 5.74) is -0.706. The quantitative estimate of drug-likeness (QED) is 0.829. The lowest BCUT2D eigenvalue weighted by Crippen LogP contribution is -2.46. The Morgan fingerprint density at radius 3 is 2.50 bits per heavy atom. The van der Waals surface area contributed by atoms with Crippen LogP contribution in [-0.4, -0.2) is 32.6 Å². The minimum atomic E-state index is -0.706. The van der Waals surface area contributed by atoms with E-state index in [-0.39, 0.29) is 24.4 Å². The number of carbonyl (C=O) groups excluding carboxylic acids is 2. The number of aryl methyl sites for hydroxylation is 1. The average Bonchev–Trinajstić information content (AvgIpc) is 2.80. The van der Waals surface area contributed by atoms with E-state index in [9.17, 15) is 9.59 Å². The van der Waals surface area contributed by atoms with E-state index in [1.807, 2.05) is 0 Å². The number of carbonyl (C=O) groups is 2. The van der Waals surface area contributed by atoms with Crippen LogP contribution in [-0.2, 0) is 11.3 Å². The van der Waals surface area contributed by atoms with E-state index in [1.54, 1.807) is 6.92 Å². The lowest BCUT2D eigenvalue weighted by molar-refractivity contribution is -0.132. The van der Waals surface area contributed by atoms with Gasteiger partial charge in [-0.1, -0.05) is 25.7 Å². The molecule has 1 aromatic heterocycles. The van der Waals surface area contributed by atoms with Gasteiger partial charge in [0.05, 0.1) is 0 Å². The molecule has 1 spiro atoms. The van der Waals surface area contributed by atoms with Crippen molar-refractivity contribution in [1.82, 2.24) is 20.4 Å². The molecule has 0 radical (unpaired) electrons. The lowest BCUT2D eigenvalue weighted by atomic mass is 9.90. The first-order valence-corrected chi connectivity index (χ1v) is 7.04. The van der Waals surface area contributed by atoms with Gasteiger partial charge in [0.1, 0.15) is 12.1 Å². The Bertz CT molecular complexity index is 531. The van der Waals surface area contributed by atoms with Crippen molar-refractivity contribution in [3.05, 3.63) is 11.8 Å². The highest BCUT2D eigenvalue weighted by Gasteiger charge is 2.50. The van der Waals surface area contributed by atoms with Gasteiger partial charge in [-0.25, -0.2) is 4.79 Å². The summed E-state index contributed by atoms with van der Waals surface area (Å²) in [6.07, 6.45) is 5.62. The van der Waals surface area contributed by atoms with E-state index >= 15 is 0 Å². The van der Waals surface area contributed by atoms with Crippen LogP contribution in [0.3, 0.4) is 0 Å². The number of rotatable bonds is 2. The van der Waals surface area contributed by atoms with Gasteiger partial charge in [-0.2, -0.15) is 0 Å². The number of urea groups is 1. The van der Waals surface area contributed by atoms with Gasteiger partial charge in [-0.05, 0) is 12.8 Å². The fraction of sp³-hybridized carbons (Fsp3) is 0.692. The molecule has 1 saturated carbocycles. The standard InChI is InChI=1S/C13H18N4O3/c1-9-15-16-10(20-9)8-17-11(18)13(14-12(17)19)6-4-2-3-5-7-13/h2-8H2,1H3,(H,14,19). The summed E-state index contributed by atoms with van der Waals surface area (Å²) in [5, 5.41) is 10.4. The highest BCUT2D eigenvalue weighted by atomic mass is 16.4. The first kappa shape index (κ1) is 13.1. The maximum absolute atomic E-state index is 12.6. The normalized spacial score (nSPS) is 22.1. The molecule has 1 aromatic rings. The van der Waals surface area contributed by atoms with Crippen molar-refractivity contribution >= 4 is 11.9 Å². The van der Waals surface area contributed by atoms with Crippen molar-refractivity contribution in [2.75, 3.05) is 0 Å². The maximum Gasteiger partial charge on any atom is 0.325 e. The Labute approximate surface area is 116 Å². The van der Waals surface area contributed by atoms with Gasteiger partial charge in [0.25, 0.3) is 5.91 Å². The number of hydrogen-bond donors (Lipinski definition) is 1. The molecule has 7 nitrogen and oxygen atoms in total. The second-order valence-corrected chi connectivity index (χ2v) is 5.53. The summed E-state index contributed by atoms with van der Waals surface area (Å²) in [6.45, 7) is 1.72. The molecule has 2 fully saturated rings. The monoisotopic (exact) mass is 278 g/mol. The van der Waals surface area contributed by atoms with E-state index in [1.165, 1.54) is 4.90 Å². The minimum absolute atomic E-state index is 0.0489. The molecule has 2 heterocycles. The first-order valence-electron chi connectivity index (χ1n) is 7.04. The van der Waals surface area contributed by atoms with Crippen molar-refractivity contribution in [3.63, 3.8) is 0 Å². The first-order chi connectivity index (χ1) is 9.61. The minimum Gasteiger partial charge on any atom is -0.424 e. The topological polar surface area (TPSA) is 88.3 Å². The molecule has 1 N–H and O–H groups in total. The summed E-state index contributed by atoms with van der Waals surface area (Å²) < 4.78 is 5.25. The van der Waals surface area contributed by atoms with Gasteiger partial charge in [0.2, 0.25) is 11.8 Å². The third-order valence-corrected chi connectivity index (χ3v) is 4.06. The lowest BCUT2D eigenvalue weighted by Gasteiger charge is -2.24. The van der Waals surface area contributed by atoms with Crippen molar-refractivity contribution in [2.24, 2.45) is 0 Å². The van der Waals surface area contributed by atoms with Gasteiger partial charge in [0, 0.05) is 6.92 Å². The van der Waals surface area contributed by atoms with Crippen molar-refractivity contribution in [2.45, 2.75) is 57.5 Å². The van der Waals surface area contributed by atoms with Gasteiger partial charge in [0.15, 0.2) is 0 Å². The number of nitrogens with one attached hydrogen (secondary N) is 1. The molecule has 0 aromatic carbocycles. The fourth-order valence-corrected chi connectivity index (χ4v) is 3.03. The zero-order chi connectivity index (χ0) is 14.2. The van der Waals surface area contributed by atoms with Crippen LogP contribution >= 0.6 is 0 Å². The zero-order valence-electron chi connectivity index (χ0n) is 11.5. The molecule has 1 aliphatic heterocycles. The van der Waals surface area contributed by atoms with Crippen LogP contribution in [0.25, 0.3) is 0 Å². The summed E-state index contributed by atoms with van der Waals surface area (Å²) in [4.78, 5) is 25.9. The summed E-state index contributed by atoms with van der Waals surface area (Å²) >= 11 is 0. The SMILES string of the molecule is Cc1nnc(CN2C(=O)NC3(CCCCCC3)C2=O)o1. The molecule has 0 unspecified atom stereocenters. The number of amides is 3. The van der Waals surface area contributed by atoms with Gasteiger partial charge < -0.3 is 9.73 Å². The predicted octanol–water partition coefficient (Wildman–Crippen LogP) is 1.52. The van der Waals surface area contributed by atoms with E-state index in [4.69, 9.17) is 4.42 Å². The highest BCUT2D eigenvalue weighted by Crippen LogP contribution is 2.33. The summed E-state index contributed by atoms with van der Waals surface area (Å²) in [5.74, 6) is 0.563. The maximum atomic E-state index is 12.6. The Kier molecular flexibility index (Phi) is 3.19. The van der Waals surface area contributed by atoms with Crippen molar-refractivity contribution in [1.29, 1.82) is 0 Å². The highest BCUT2D eigenvalue weighted by molar-refractivity contribution is 6.06. The second-order valence-electron chi connectivity index (χ2n) is 5.53. The van der Waals surface area contributed by atoms with Crippen molar-refractivity contribution in [3.8, 4) is 0 Å². The molecule has 3 amide bonds. The van der Waals surface area contributed by atoms with E-state index in [0.717, 1.165) is 38.5 Å². The molecular weight excluding hydrogens is 260 g/mol. The summed E-state index contributed by atoms with van der Waals surface area (Å²) in [7, 11) is 0. The average molecular weight is 278 g/mol. The van der Waals surface area contributed by atoms with E-state index < -0.39 is 5.54 Å². The molecule has 108 valence electrons. The van der Waals surface area contributed by atoms with Crippen LogP contribution in [0, 0.1) is 6.92 Å². The Morgan fingerprint density at radius 2 is 1.90 bits per heavy atom. The van der Waals surface area contributed by atoms with Crippen LogP contribution in [0.1, 0.15) is 50.3 Å². The third-order valence-electron chi connectivity index (χ3n) is 4.06. The van der Waals surface area contributed by atoms with Crippen LogP contribution in [0.5, 0.6) is 0 Å². The molecule has 7 heteroatoms. The molecular formula is C13H18N4O3. The largest absolute Gasteiger partial charge is 0.424 e. The smallest absolute Gasteiger partial charge is 0.325 e. The van der Waals surface area contributed by atoms with Crippen LogP contribution < -0.4 is 5.32 Å². The molecule has 2 aliphatic rings. The molecule has 0 atom stereocenters. The number of hydrogen-bond acceptors (Lipinski definition) is 5. The Morgan fingerprint density at radius 1 is 1.20 bits per heavy atom. The van der Waals surface area contributed by atoms with Gasteiger partial charge in [-0.3, -0.25) is 9.69 Å². The van der Waals surface area contributed by atoms with E-state index in [0.29, 0.717) is 5.89 Å². The number of nitrogens with zero attached hydrogens (tertiary/aromatic N) is 3. The fourth-order valence-electron chi connectivity index (χ4n) is 3.03. The number of aromatic nitrogens is 2. The van der Waals surface area contributed by atoms with Crippen LogP contribution in [0.2, 0.25) is 0 Å². The van der Waals surface area contributed by atoms with Crippen molar-refractivity contribution < 1.29 is 14.0 Å². The van der Waals surface area contributed by atoms with Gasteiger partial charge >= 0.3 is 6.03 Å². The molecule has 20 heavy (non-hydrogen) atoms. The zero-order valence-corrected chi connectivity index (χ0v) is 11.5. The molecule has 1 aliphatic carbocycles. The second kappa shape index (κ2) is 4.88. The van der Waals surface area contributed by atoms with E-state index in [2.05, 4.69) is 15.5 Å². The number of imide groups is 1. The third kappa shape index (κ3) is 2.17.